The first kappa shape index (κ1) is 24.6. The van der Waals surface area contributed by atoms with E-state index in [1.165, 1.54) is 10.9 Å². The van der Waals surface area contributed by atoms with Gasteiger partial charge >= 0.3 is 0 Å². The summed E-state index contributed by atoms with van der Waals surface area (Å²) in [6, 6.07) is 7.51. The summed E-state index contributed by atoms with van der Waals surface area (Å²) in [7, 11) is -3.30. The van der Waals surface area contributed by atoms with Gasteiger partial charge in [0.2, 0.25) is 0 Å². The Morgan fingerprint density at radius 3 is 1.93 bits per heavy atom. The first-order valence-electron chi connectivity index (χ1n) is 10.2. The Hall–Kier alpha value is -1.66. The van der Waals surface area contributed by atoms with Crippen molar-refractivity contribution in [2.45, 2.75) is 84.5 Å². The van der Waals surface area contributed by atoms with Crippen LogP contribution >= 0.6 is 11.6 Å². The highest BCUT2D eigenvalue weighted by atomic mass is 35.5. The third-order valence-electron chi connectivity index (χ3n) is 5.34. The molecule has 0 amide bonds. The van der Waals surface area contributed by atoms with Crippen LogP contribution in [0.4, 0.5) is 4.11 Å². The van der Waals surface area contributed by atoms with Gasteiger partial charge in [0.25, 0.3) is 14.0 Å². The van der Waals surface area contributed by atoms with Gasteiger partial charge in [0.05, 0.1) is 11.7 Å². The molecule has 7 heteroatoms. The zero-order valence-corrected chi connectivity index (χ0v) is 21.3. The van der Waals surface area contributed by atoms with Crippen LogP contribution in [0, 0.1) is 0 Å². The normalized spacial score (nSPS) is 13.4. The fraction of sp³-hybridized carbons (Fsp3) is 0.565. The maximum absolute atomic E-state index is 16.4. The predicted molar refractivity (Wildman–Crippen MR) is 125 cm³/mol. The summed E-state index contributed by atoms with van der Waals surface area (Å²) >= 11 is 6.21. The van der Waals surface area contributed by atoms with E-state index in [1.54, 1.807) is 0 Å². The van der Waals surface area contributed by atoms with E-state index in [0.29, 0.717) is 0 Å². The molecule has 4 nitrogen and oxygen atoms in total. The number of hydrogen-bond acceptors (Lipinski definition) is 3. The van der Waals surface area contributed by atoms with E-state index in [1.807, 2.05) is 86.6 Å². The lowest BCUT2D eigenvalue weighted by molar-refractivity contribution is 0.292. The van der Waals surface area contributed by atoms with E-state index in [9.17, 15) is 4.79 Å². The van der Waals surface area contributed by atoms with Gasteiger partial charge in [0.15, 0.2) is 10.8 Å². The van der Waals surface area contributed by atoms with Gasteiger partial charge in [-0.2, -0.15) is 5.10 Å². The SMILES string of the molecule is CC(C)(C)n1ncc(OCc2ccc([Si](F)(C(C)(C)C)C(C)(C)C)cc2)c(Cl)c1=O. The van der Waals surface area contributed by atoms with Crippen LogP contribution in [-0.4, -0.2) is 18.2 Å². The molecule has 2 rings (SSSR count). The largest absolute Gasteiger partial charge is 0.485 e. The Labute approximate surface area is 185 Å². The number of nitrogens with zero attached hydrogens (tertiary/aromatic N) is 2. The third-order valence-corrected chi connectivity index (χ3v) is 10.9. The second kappa shape index (κ2) is 8.12. The molecule has 2 aromatic rings. The minimum absolute atomic E-state index is 0.00666. The summed E-state index contributed by atoms with van der Waals surface area (Å²) in [6.45, 7) is 17.7. The molecule has 0 atom stereocenters. The van der Waals surface area contributed by atoms with Crippen LogP contribution < -0.4 is 15.5 Å². The Morgan fingerprint density at radius 1 is 1.00 bits per heavy atom. The summed E-state index contributed by atoms with van der Waals surface area (Å²) in [5, 5.41) is 4.09. The number of ether oxygens (including phenoxy) is 1. The van der Waals surface area contributed by atoms with Gasteiger partial charge in [-0.1, -0.05) is 77.4 Å². The molecule has 166 valence electrons. The monoisotopic (exact) mass is 452 g/mol. The molecule has 1 aromatic heterocycles. The molecule has 0 aliphatic rings. The minimum Gasteiger partial charge on any atom is -0.485 e. The lowest BCUT2D eigenvalue weighted by Gasteiger charge is -2.44. The third kappa shape index (κ3) is 4.64. The maximum atomic E-state index is 16.4. The zero-order valence-electron chi connectivity index (χ0n) is 19.6. The van der Waals surface area contributed by atoms with Gasteiger partial charge in [0, 0.05) is 0 Å². The smallest absolute Gasteiger partial charge is 0.289 e. The fourth-order valence-corrected chi connectivity index (χ4v) is 8.77. The van der Waals surface area contributed by atoms with Gasteiger partial charge < -0.3 is 8.84 Å². The van der Waals surface area contributed by atoms with Gasteiger partial charge in [-0.15, -0.1) is 0 Å². The van der Waals surface area contributed by atoms with Crippen LogP contribution in [0.1, 0.15) is 67.9 Å². The van der Waals surface area contributed by atoms with Crippen molar-refractivity contribution in [1.82, 2.24) is 9.78 Å². The molecule has 0 spiro atoms. The number of aromatic nitrogens is 2. The number of benzene rings is 1. The van der Waals surface area contributed by atoms with Crippen molar-refractivity contribution in [3.63, 3.8) is 0 Å². The lowest BCUT2D eigenvalue weighted by atomic mass is 10.1. The van der Waals surface area contributed by atoms with E-state index in [4.69, 9.17) is 16.3 Å². The molecule has 0 bridgehead atoms. The second-order valence-corrected chi connectivity index (χ2v) is 16.1. The number of hydrogen-bond donors (Lipinski definition) is 0. The summed E-state index contributed by atoms with van der Waals surface area (Å²) < 4.78 is 23.5. The van der Waals surface area contributed by atoms with Crippen molar-refractivity contribution in [2.24, 2.45) is 0 Å². The first-order chi connectivity index (χ1) is 13.5. The molecular weight excluding hydrogens is 419 g/mol. The molecule has 0 radical (unpaired) electrons. The Morgan fingerprint density at radius 2 is 1.50 bits per heavy atom. The predicted octanol–water partition coefficient (Wildman–Crippen LogP) is 5.95. The summed E-state index contributed by atoms with van der Waals surface area (Å²) in [4.78, 5) is 12.4. The van der Waals surface area contributed by atoms with Crippen LogP contribution in [0.15, 0.2) is 35.3 Å². The molecule has 0 unspecified atom stereocenters. The van der Waals surface area contributed by atoms with Gasteiger partial charge in [-0.05, 0) is 41.6 Å². The van der Waals surface area contributed by atoms with Gasteiger partial charge in [-0.25, -0.2) is 4.68 Å². The van der Waals surface area contributed by atoms with Crippen molar-refractivity contribution >= 4 is 25.2 Å². The zero-order chi connectivity index (χ0) is 23.1. The van der Waals surface area contributed by atoms with Crippen LogP contribution in [0.5, 0.6) is 5.75 Å². The van der Waals surface area contributed by atoms with Gasteiger partial charge in [-0.3, -0.25) is 4.79 Å². The molecule has 0 fully saturated rings. The number of rotatable bonds is 4. The first-order valence-corrected chi connectivity index (χ1v) is 12.4. The summed E-state index contributed by atoms with van der Waals surface area (Å²) in [5.41, 5.74) is 0.00682. The van der Waals surface area contributed by atoms with Crippen LogP contribution in [0.25, 0.3) is 0 Å². The van der Waals surface area contributed by atoms with E-state index in [0.717, 1.165) is 10.8 Å². The highest BCUT2D eigenvalue weighted by Gasteiger charge is 2.56. The quantitative estimate of drug-likeness (QED) is 0.425. The summed E-state index contributed by atoms with van der Waals surface area (Å²) in [5.74, 6) is 0.241. The fourth-order valence-electron chi connectivity index (χ4n) is 3.98. The minimum atomic E-state index is -3.30. The molecule has 1 aromatic carbocycles. The van der Waals surface area contributed by atoms with Gasteiger partial charge in [0.1, 0.15) is 6.61 Å². The van der Waals surface area contributed by atoms with Crippen LogP contribution in [0.2, 0.25) is 15.1 Å². The molecular formula is C23H34ClFN2O2Si. The number of halogens is 2. The van der Waals surface area contributed by atoms with Crippen molar-refractivity contribution in [3.8, 4) is 5.75 Å². The van der Waals surface area contributed by atoms with Crippen LogP contribution in [0.3, 0.4) is 0 Å². The summed E-state index contributed by atoms with van der Waals surface area (Å²) in [6.07, 6.45) is 1.46. The topological polar surface area (TPSA) is 44.1 Å². The molecule has 0 saturated carbocycles. The Balaban J connectivity index is 2.26. The van der Waals surface area contributed by atoms with Crippen molar-refractivity contribution in [2.75, 3.05) is 0 Å². The van der Waals surface area contributed by atoms with Crippen LogP contribution in [-0.2, 0) is 12.1 Å². The average Bonchev–Trinajstić information content (AvgIpc) is 2.59. The molecule has 30 heavy (non-hydrogen) atoms. The van der Waals surface area contributed by atoms with Crippen molar-refractivity contribution in [3.05, 3.63) is 51.4 Å². The van der Waals surface area contributed by atoms with E-state index < -0.39 is 24.0 Å². The van der Waals surface area contributed by atoms with E-state index in [-0.39, 0.29) is 22.9 Å². The average molecular weight is 453 g/mol. The Bertz CT molecular complexity index is 938. The molecule has 1 heterocycles. The second-order valence-electron chi connectivity index (χ2n) is 10.9. The maximum Gasteiger partial charge on any atom is 0.289 e. The molecule has 0 saturated heterocycles. The highest BCUT2D eigenvalue weighted by molar-refractivity contribution is 6.90. The van der Waals surface area contributed by atoms with Crippen molar-refractivity contribution < 1.29 is 8.84 Å². The van der Waals surface area contributed by atoms with E-state index >= 15 is 4.11 Å². The van der Waals surface area contributed by atoms with E-state index in [2.05, 4.69) is 5.10 Å². The molecule has 0 N–H and O–H groups in total. The Kier molecular flexibility index (Phi) is 6.66. The highest BCUT2D eigenvalue weighted by Crippen LogP contribution is 2.51. The lowest BCUT2D eigenvalue weighted by Crippen LogP contribution is -2.57. The molecule has 0 aliphatic heterocycles. The molecule has 0 aliphatic carbocycles. The standard InChI is InChI=1S/C23H34ClFN2O2Si/c1-21(2,3)27-20(28)19(24)18(14-26-27)29-15-16-10-12-17(13-11-16)30(25,22(4,5)6)23(7,8)9/h10-14H,15H2,1-9H3. The van der Waals surface area contributed by atoms with Crippen molar-refractivity contribution in [1.29, 1.82) is 0 Å².